The molecule has 0 radical (unpaired) electrons. The molecule has 1 aromatic heterocycles. The normalized spacial score (nSPS) is 33.7. The quantitative estimate of drug-likeness (QED) is 0.576. The van der Waals surface area contributed by atoms with Crippen LogP contribution in [0.3, 0.4) is 0 Å². The van der Waals surface area contributed by atoms with E-state index in [0.717, 1.165) is 28.6 Å². The van der Waals surface area contributed by atoms with E-state index >= 15 is 0 Å². The number of hydrogen-bond acceptors (Lipinski definition) is 5. The van der Waals surface area contributed by atoms with Crippen LogP contribution < -0.4 is 0 Å². The van der Waals surface area contributed by atoms with E-state index in [2.05, 4.69) is 0 Å². The average Bonchev–Trinajstić information content (AvgIpc) is 3.25. The lowest BCUT2D eigenvalue weighted by Gasteiger charge is -2.53. The van der Waals surface area contributed by atoms with Gasteiger partial charge in [-0.3, -0.25) is 14.2 Å². The van der Waals surface area contributed by atoms with Gasteiger partial charge < -0.3 is 14.4 Å². The minimum absolute atomic E-state index is 0.0604. The summed E-state index contributed by atoms with van der Waals surface area (Å²) in [4.78, 5) is 42.2. The van der Waals surface area contributed by atoms with Gasteiger partial charge in [0.2, 0.25) is 11.5 Å². The number of amides is 1. The highest BCUT2D eigenvalue weighted by atomic mass is 16.6. The van der Waals surface area contributed by atoms with Gasteiger partial charge in [-0.1, -0.05) is 25.1 Å². The molecule has 0 N–H and O–H groups in total. The fourth-order valence-corrected chi connectivity index (χ4v) is 6.35. The molecule has 6 rings (SSSR count). The lowest BCUT2D eigenvalue weighted by atomic mass is 9.73. The standard InChI is InChI=1S/C23H24N2O5/c1-3-13-11-14-12-22(21(28)29-4-2)20(27)25-17-8-6-5-7-15(17)16-9-10-24(19(13)26)23(14,30-22)18(16)25/h5-8,13-14H,3-4,9-12H2,1-2H3/t13-,14+,22-,23+/m1/s1. The Bertz CT molecular complexity index is 1140. The van der Waals surface area contributed by atoms with Crippen molar-refractivity contribution >= 4 is 28.7 Å². The number of ether oxygens (including phenoxy) is 2. The number of carbonyl (C=O) groups excluding carboxylic acids is 3. The first-order valence-corrected chi connectivity index (χ1v) is 10.9. The van der Waals surface area contributed by atoms with Crippen molar-refractivity contribution in [2.45, 2.75) is 50.9 Å². The van der Waals surface area contributed by atoms with Gasteiger partial charge in [0.05, 0.1) is 17.8 Å². The van der Waals surface area contributed by atoms with E-state index in [4.69, 9.17) is 9.47 Å². The zero-order chi connectivity index (χ0) is 20.8. The minimum Gasteiger partial charge on any atom is -0.463 e. The number of aromatic nitrogens is 1. The fourth-order valence-electron chi connectivity index (χ4n) is 6.35. The number of esters is 1. The molecule has 2 bridgehead atoms. The van der Waals surface area contributed by atoms with Crippen LogP contribution in [-0.2, 0) is 31.2 Å². The third-order valence-electron chi connectivity index (χ3n) is 7.55. The van der Waals surface area contributed by atoms with Crippen molar-refractivity contribution in [2.24, 2.45) is 11.8 Å². The largest absolute Gasteiger partial charge is 0.463 e. The number of nitrogens with zero attached hydrogens (tertiary/aromatic N) is 2. The Morgan fingerprint density at radius 1 is 1.27 bits per heavy atom. The third-order valence-corrected chi connectivity index (χ3v) is 7.55. The van der Waals surface area contributed by atoms with Gasteiger partial charge in [-0.15, -0.1) is 0 Å². The zero-order valence-corrected chi connectivity index (χ0v) is 17.1. The highest BCUT2D eigenvalue weighted by molar-refractivity contribution is 6.13. The molecule has 4 aliphatic rings. The highest BCUT2D eigenvalue weighted by Crippen LogP contribution is 2.62. The molecule has 1 amide bonds. The summed E-state index contributed by atoms with van der Waals surface area (Å²) in [6.45, 7) is 4.43. The summed E-state index contributed by atoms with van der Waals surface area (Å²) in [6.07, 6.45) is 2.27. The van der Waals surface area contributed by atoms with Gasteiger partial charge in [0.1, 0.15) is 0 Å². The van der Waals surface area contributed by atoms with E-state index in [9.17, 15) is 14.4 Å². The highest BCUT2D eigenvalue weighted by Gasteiger charge is 2.74. The molecule has 1 aromatic carbocycles. The van der Waals surface area contributed by atoms with E-state index in [1.54, 1.807) is 11.5 Å². The Balaban J connectivity index is 1.69. The molecule has 0 aliphatic carbocycles. The molecule has 2 aromatic rings. The van der Waals surface area contributed by atoms with Crippen LogP contribution in [0.1, 0.15) is 49.2 Å². The first-order valence-electron chi connectivity index (χ1n) is 10.9. The van der Waals surface area contributed by atoms with Gasteiger partial charge in [-0.2, -0.15) is 0 Å². The number of rotatable bonds is 3. The summed E-state index contributed by atoms with van der Waals surface area (Å²) in [5.41, 5.74) is -0.189. The number of para-hydroxylation sites is 1. The molecule has 4 atom stereocenters. The van der Waals surface area contributed by atoms with E-state index in [-0.39, 0.29) is 36.7 Å². The maximum Gasteiger partial charge on any atom is 0.348 e. The first kappa shape index (κ1) is 18.1. The van der Waals surface area contributed by atoms with Crippen LogP contribution in [0.25, 0.3) is 10.9 Å². The lowest BCUT2D eigenvalue weighted by molar-refractivity contribution is -0.232. The molecule has 7 heteroatoms. The molecule has 1 spiro atoms. The monoisotopic (exact) mass is 408 g/mol. The fraction of sp³-hybridized carbons (Fsp3) is 0.522. The molecule has 30 heavy (non-hydrogen) atoms. The molecule has 0 saturated carbocycles. The van der Waals surface area contributed by atoms with Crippen molar-refractivity contribution in [3.8, 4) is 0 Å². The Kier molecular flexibility index (Phi) is 3.46. The molecule has 4 aliphatic heterocycles. The van der Waals surface area contributed by atoms with Crippen molar-refractivity contribution < 1.29 is 23.9 Å². The number of benzene rings is 1. The van der Waals surface area contributed by atoms with Crippen LogP contribution in [0.4, 0.5) is 0 Å². The molecule has 0 unspecified atom stereocenters. The zero-order valence-electron chi connectivity index (χ0n) is 17.1. The first-order chi connectivity index (χ1) is 14.5. The molecule has 5 heterocycles. The summed E-state index contributed by atoms with van der Waals surface area (Å²) in [5, 5.41) is 0.994. The Morgan fingerprint density at radius 2 is 2.07 bits per heavy atom. The van der Waals surface area contributed by atoms with Crippen LogP contribution in [0.5, 0.6) is 0 Å². The van der Waals surface area contributed by atoms with E-state index < -0.39 is 17.3 Å². The lowest BCUT2D eigenvalue weighted by Crippen LogP contribution is -2.66. The molecule has 7 nitrogen and oxygen atoms in total. The third kappa shape index (κ3) is 1.80. The average molecular weight is 408 g/mol. The van der Waals surface area contributed by atoms with Gasteiger partial charge in [0, 0.05) is 30.2 Å². The van der Waals surface area contributed by atoms with E-state index in [1.807, 2.05) is 36.1 Å². The van der Waals surface area contributed by atoms with Gasteiger partial charge >= 0.3 is 5.97 Å². The number of fused-ring (bicyclic) bond motifs is 4. The molecule has 2 saturated heterocycles. The maximum atomic E-state index is 13.9. The van der Waals surface area contributed by atoms with Crippen LogP contribution in [0, 0.1) is 11.8 Å². The van der Waals surface area contributed by atoms with Gasteiger partial charge in [0.25, 0.3) is 5.91 Å². The number of piperidine rings is 1. The van der Waals surface area contributed by atoms with Crippen LogP contribution >= 0.6 is 0 Å². The summed E-state index contributed by atoms with van der Waals surface area (Å²) in [7, 11) is 0. The minimum atomic E-state index is -1.70. The Hall–Kier alpha value is -2.67. The molecular formula is C23H24N2O5. The Labute approximate surface area is 173 Å². The summed E-state index contributed by atoms with van der Waals surface area (Å²) in [5.74, 6) is -1.21. The van der Waals surface area contributed by atoms with Crippen molar-refractivity contribution in [2.75, 3.05) is 13.2 Å². The predicted octanol–water partition coefficient (Wildman–Crippen LogP) is 2.60. The number of hydrogen-bond donors (Lipinski definition) is 0. The van der Waals surface area contributed by atoms with Crippen LogP contribution in [0.15, 0.2) is 24.3 Å². The van der Waals surface area contributed by atoms with Gasteiger partial charge in [0.15, 0.2) is 5.72 Å². The maximum absolute atomic E-state index is 13.9. The second-order valence-electron chi connectivity index (χ2n) is 8.81. The second-order valence-corrected chi connectivity index (χ2v) is 8.81. The number of carbonyl (C=O) groups is 3. The van der Waals surface area contributed by atoms with Crippen molar-refractivity contribution in [1.82, 2.24) is 9.47 Å². The summed E-state index contributed by atoms with van der Waals surface area (Å²) >= 11 is 0. The summed E-state index contributed by atoms with van der Waals surface area (Å²) < 4.78 is 13.5. The molecule has 2 fully saturated rings. The van der Waals surface area contributed by atoms with Crippen LogP contribution in [-0.4, -0.2) is 46.0 Å². The predicted molar refractivity (Wildman–Crippen MR) is 107 cm³/mol. The van der Waals surface area contributed by atoms with Crippen LogP contribution in [0.2, 0.25) is 0 Å². The van der Waals surface area contributed by atoms with Crippen molar-refractivity contribution in [3.05, 3.63) is 35.5 Å². The Morgan fingerprint density at radius 3 is 2.83 bits per heavy atom. The van der Waals surface area contributed by atoms with Gasteiger partial charge in [-0.05, 0) is 37.8 Å². The molecular weight excluding hydrogens is 384 g/mol. The molecule has 156 valence electrons. The summed E-state index contributed by atoms with van der Waals surface area (Å²) in [6, 6.07) is 7.76. The van der Waals surface area contributed by atoms with Crippen molar-refractivity contribution in [3.63, 3.8) is 0 Å². The smallest absolute Gasteiger partial charge is 0.348 e. The van der Waals surface area contributed by atoms with Crippen molar-refractivity contribution in [1.29, 1.82) is 0 Å². The van der Waals surface area contributed by atoms with E-state index in [1.165, 1.54) is 0 Å². The SMILES string of the molecule is CCOC(=O)[C@@]12C[C@@H]3C[C@@H](CC)C(=O)N4CCc5c(n(c6ccccc56)C1=O)[C@@]34O2. The van der Waals surface area contributed by atoms with Gasteiger partial charge in [-0.25, -0.2) is 4.79 Å². The topological polar surface area (TPSA) is 77.8 Å². The van der Waals surface area contributed by atoms with E-state index in [0.29, 0.717) is 19.4 Å². The second kappa shape index (κ2) is 5.72.